The number of benzene rings is 4. The molecule has 0 radical (unpaired) electrons. The molecule has 4 aromatic carbocycles. The lowest BCUT2D eigenvalue weighted by Crippen LogP contribution is -2.53. The molecule has 2 unspecified atom stereocenters. The van der Waals surface area contributed by atoms with Crippen LogP contribution in [0.3, 0.4) is 0 Å². The summed E-state index contributed by atoms with van der Waals surface area (Å²) in [7, 11) is 0. The summed E-state index contributed by atoms with van der Waals surface area (Å²) >= 11 is 0. The number of hydrogen-bond donors (Lipinski definition) is 2. The van der Waals surface area contributed by atoms with Gasteiger partial charge in [-0.15, -0.1) is 0 Å². The maximum Gasteiger partial charge on any atom is 0.251 e. The van der Waals surface area contributed by atoms with Gasteiger partial charge in [0.15, 0.2) is 0 Å². The Balaban J connectivity index is 1.09. The summed E-state index contributed by atoms with van der Waals surface area (Å²) in [6.07, 6.45) is 5.33. The van der Waals surface area contributed by atoms with Crippen molar-refractivity contribution in [3.05, 3.63) is 131 Å². The summed E-state index contributed by atoms with van der Waals surface area (Å²) in [4.78, 5) is 26.1. The summed E-state index contributed by atoms with van der Waals surface area (Å²) in [5, 5.41) is 6.31. The van der Waals surface area contributed by atoms with Crippen LogP contribution in [0.2, 0.25) is 0 Å². The minimum absolute atomic E-state index is 0.127. The molecule has 5 rings (SSSR count). The fourth-order valence-corrected chi connectivity index (χ4v) is 5.25. The molecule has 1 aliphatic carbocycles. The third kappa shape index (κ3) is 8.46. The molecule has 0 bridgehead atoms. The van der Waals surface area contributed by atoms with Crippen molar-refractivity contribution in [2.24, 2.45) is 0 Å². The molecule has 0 spiro atoms. The molecule has 2 atom stereocenters. The lowest BCUT2D eigenvalue weighted by molar-refractivity contribution is 0.0862. The van der Waals surface area contributed by atoms with Gasteiger partial charge < -0.3 is 20.1 Å². The molecule has 0 aliphatic heterocycles. The Labute approximate surface area is 248 Å². The normalized spacial score (nSPS) is 16.3. The zero-order valence-corrected chi connectivity index (χ0v) is 23.8. The van der Waals surface area contributed by atoms with Gasteiger partial charge in [0.1, 0.15) is 11.5 Å². The van der Waals surface area contributed by atoms with E-state index in [-0.39, 0.29) is 23.9 Å². The molecule has 2 amide bonds. The first-order valence-corrected chi connectivity index (χ1v) is 14.8. The second-order valence-electron chi connectivity index (χ2n) is 10.7. The summed E-state index contributed by atoms with van der Waals surface area (Å²) in [6.45, 7) is 1.14. The van der Waals surface area contributed by atoms with Crippen LogP contribution in [-0.4, -0.2) is 37.1 Å². The van der Waals surface area contributed by atoms with Crippen molar-refractivity contribution in [2.75, 3.05) is 13.2 Å². The molecule has 1 fully saturated rings. The van der Waals surface area contributed by atoms with Gasteiger partial charge in [-0.05, 0) is 72.5 Å². The Hall–Kier alpha value is -4.58. The van der Waals surface area contributed by atoms with Crippen LogP contribution in [0.25, 0.3) is 0 Å². The van der Waals surface area contributed by atoms with Gasteiger partial charge >= 0.3 is 0 Å². The summed E-state index contributed by atoms with van der Waals surface area (Å²) in [5.74, 6) is 1.18. The minimum atomic E-state index is -0.144. The standard InChI is InChI=1S/C36H38N2O4/c39-35(29-15-19-31(20-16-29)41-25-23-27-9-3-1-4-10-27)37-33-13-7-8-14-34(33)38-36(40)30-17-21-32(22-18-30)42-26-24-28-11-5-2-6-12-28/h1-6,9-12,15-22,33-34H,7-8,13-14,23-26H2,(H,37,39)(H,38,40). The number of amides is 2. The Morgan fingerprint density at radius 3 is 1.31 bits per heavy atom. The average molecular weight is 563 g/mol. The van der Waals surface area contributed by atoms with E-state index in [1.807, 2.05) is 60.7 Å². The Morgan fingerprint density at radius 1 is 0.548 bits per heavy atom. The molecule has 6 heteroatoms. The summed E-state index contributed by atoms with van der Waals surface area (Å²) < 4.78 is 11.7. The van der Waals surface area contributed by atoms with Crippen molar-refractivity contribution in [1.29, 1.82) is 0 Å². The number of rotatable bonds is 12. The fourth-order valence-electron chi connectivity index (χ4n) is 5.25. The van der Waals surface area contributed by atoms with Gasteiger partial charge in [-0.25, -0.2) is 0 Å². The molecule has 1 saturated carbocycles. The van der Waals surface area contributed by atoms with E-state index in [1.54, 1.807) is 24.3 Å². The van der Waals surface area contributed by atoms with Crippen LogP contribution < -0.4 is 20.1 Å². The second kappa shape index (κ2) is 14.9. The van der Waals surface area contributed by atoms with E-state index in [1.165, 1.54) is 11.1 Å². The van der Waals surface area contributed by atoms with Gasteiger partial charge in [0.05, 0.1) is 13.2 Å². The zero-order valence-electron chi connectivity index (χ0n) is 23.8. The topological polar surface area (TPSA) is 76.7 Å². The highest BCUT2D eigenvalue weighted by atomic mass is 16.5. The van der Waals surface area contributed by atoms with Crippen LogP contribution in [0.15, 0.2) is 109 Å². The smallest absolute Gasteiger partial charge is 0.251 e. The second-order valence-corrected chi connectivity index (χ2v) is 10.7. The minimum Gasteiger partial charge on any atom is -0.493 e. The number of ether oxygens (including phenoxy) is 2. The number of carbonyl (C=O) groups is 2. The van der Waals surface area contributed by atoms with E-state index in [9.17, 15) is 9.59 Å². The van der Waals surface area contributed by atoms with E-state index >= 15 is 0 Å². The monoisotopic (exact) mass is 562 g/mol. The Morgan fingerprint density at radius 2 is 0.929 bits per heavy atom. The van der Waals surface area contributed by atoms with Crippen molar-refractivity contribution < 1.29 is 19.1 Å². The van der Waals surface area contributed by atoms with Crippen molar-refractivity contribution in [3.63, 3.8) is 0 Å². The van der Waals surface area contributed by atoms with Crippen molar-refractivity contribution in [1.82, 2.24) is 10.6 Å². The van der Waals surface area contributed by atoms with Crippen molar-refractivity contribution in [2.45, 2.75) is 50.6 Å². The molecule has 0 saturated heterocycles. The predicted octanol–water partition coefficient (Wildman–Crippen LogP) is 6.40. The van der Waals surface area contributed by atoms with Gasteiger partial charge in [-0.2, -0.15) is 0 Å². The molecule has 2 N–H and O–H groups in total. The van der Waals surface area contributed by atoms with E-state index < -0.39 is 0 Å². The van der Waals surface area contributed by atoms with E-state index in [4.69, 9.17) is 9.47 Å². The zero-order chi connectivity index (χ0) is 29.0. The van der Waals surface area contributed by atoms with Crippen LogP contribution in [0.4, 0.5) is 0 Å². The third-order valence-electron chi connectivity index (χ3n) is 7.64. The van der Waals surface area contributed by atoms with E-state index in [0.717, 1.165) is 50.0 Å². The van der Waals surface area contributed by atoms with Gasteiger partial charge in [-0.1, -0.05) is 73.5 Å². The lowest BCUT2D eigenvalue weighted by atomic mass is 9.89. The first kappa shape index (κ1) is 28.9. The van der Waals surface area contributed by atoms with Crippen LogP contribution in [-0.2, 0) is 12.8 Å². The number of nitrogens with one attached hydrogen (secondary N) is 2. The Kier molecular flexibility index (Phi) is 10.2. The molecule has 4 aromatic rings. The van der Waals surface area contributed by atoms with Gasteiger partial charge in [-0.3, -0.25) is 9.59 Å². The highest BCUT2D eigenvalue weighted by molar-refractivity contribution is 5.95. The molecular formula is C36H38N2O4. The summed E-state index contributed by atoms with van der Waals surface area (Å²) in [6, 6.07) is 34.6. The SMILES string of the molecule is O=C(NC1CCCCC1NC(=O)c1ccc(OCCc2ccccc2)cc1)c1ccc(OCCc2ccccc2)cc1. The number of hydrogen-bond acceptors (Lipinski definition) is 4. The molecule has 216 valence electrons. The molecular weight excluding hydrogens is 524 g/mol. The number of carbonyl (C=O) groups excluding carboxylic acids is 2. The first-order chi connectivity index (χ1) is 20.6. The maximum atomic E-state index is 13.1. The average Bonchev–Trinajstić information content (AvgIpc) is 3.03. The van der Waals surface area contributed by atoms with Gasteiger partial charge in [0, 0.05) is 36.1 Å². The molecule has 0 heterocycles. The van der Waals surface area contributed by atoms with E-state index in [2.05, 4.69) is 34.9 Å². The van der Waals surface area contributed by atoms with Crippen LogP contribution >= 0.6 is 0 Å². The highest BCUT2D eigenvalue weighted by Crippen LogP contribution is 2.21. The maximum absolute atomic E-state index is 13.1. The van der Waals surface area contributed by atoms with Crippen molar-refractivity contribution in [3.8, 4) is 11.5 Å². The lowest BCUT2D eigenvalue weighted by Gasteiger charge is -2.33. The molecule has 0 aromatic heterocycles. The first-order valence-electron chi connectivity index (χ1n) is 14.8. The quantitative estimate of drug-likeness (QED) is 0.210. The Bertz CT molecular complexity index is 1300. The molecule has 1 aliphatic rings. The highest BCUT2D eigenvalue weighted by Gasteiger charge is 2.28. The molecule has 42 heavy (non-hydrogen) atoms. The fraction of sp³-hybridized carbons (Fsp3) is 0.278. The van der Waals surface area contributed by atoms with Crippen molar-refractivity contribution >= 4 is 11.8 Å². The van der Waals surface area contributed by atoms with Crippen LogP contribution in [0.1, 0.15) is 57.5 Å². The predicted molar refractivity (Wildman–Crippen MR) is 165 cm³/mol. The van der Waals surface area contributed by atoms with Gasteiger partial charge in [0.25, 0.3) is 11.8 Å². The largest absolute Gasteiger partial charge is 0.493 e. The van der Waals surface area contributed by atoms with Crippen LogP contribution in [0.5, 0.6) is 11.5 Å². The molecule has 6 nitrogen and oxygen atoms in total. The van der Waals surface area contributed by atoms with E-state index in [0.29, 0.717) is 24.3 Å². The summed E-state index contributed by atoms with van der Waals surface area (Å²) in [5.41, 5.74) is 3.60. The third-order valence-corrected chi connectivity index (χ3v) is 7.64. The van der Waals surface area contributed by atoms with Crippen LogP contribution in [0, 0.1) is 0 Å². The van der Waals surface area contributed by atoms with Gasteiger partial charge in [0.2, 0.25) is 0 Å².